The molecule has 0 amide bonds. The van der Waals surface area contributed by atoms with E-state index in [1.54, 1.807) is 11.3 Å². The summed E-state index contributed by atoms with van der Waals surface area (Å²) in [6, 6.07) is 40.1. The first-order valence-electron chi connectivity index (χ1n) is 13.3. The van der Waals surface area contributed by atoms with Crippen LogP contribution in [-0.2, 0) is 20.1 Å². The van der Waals surface area contributed by atoms with Gasteiger partial charge in [-0.3, -0.25) is 4.98 Å². The van der Waals surface area contributed by atoms with Gasteiger partial charge in [-0.15, -0.1) is 23.5 Å². The second kappa shape index (κ2) is 9.08. The molecule has 4 heterocycles. The minimum absolute atomic E-state index is 0. The number of aryl methyl sites for hydroxylation is 1. The summed E-state index contributed by atoms with van der Waals surface area (Å²) >= 11 is 1.72. The topological polar surface area (TPSA) is 35.1 Å². The van der Waals surface area contributed by atoms with E-state index in [2.05, 4.69) is 125 Å². The summed E-state index contributed by atoms with van der Waals surface area (Å²) in [7, 11) is 0. The summed E-state index contributed by atoms with van der Waals surface area (Å²) in [5, 5.41) is 8.03. The van der Waals surface area contributed by atoms with Crippen molar-refractivity contribution >= 4 is 70.7 Å². The Balaban J connectivity index is 0.00000256. The largest absolute Gasteiger partial charge is 0.324 e. The van der Waals surface area contributed by atoms with Gasteiger partial charge < -0.3 is 8.97 Å². The van der Waals surface area contributed by atoms with Gasteiger partial charge in [0.05, 0.1) is 32.9 Å². The van der Waals surface area contributed by atoms with Crippen LogP contribution in [0.5, 0.6) is 0 Å². The maximum Gasteiger partial charge on any atom is 0.112 e. The molecule has 0 aliphatic heterocycles. The second-order valence-corrected chi connectivity index (χ2v) is 11.4. The predicted molar refractivity (Wildman–Crippen MR) is 167 cm³/mol. The molecular weight excluding hydrogens is 701 g/mol. The summed E-state index contributed by atoms with van der Waals surface area (Å²) in [6.07, 6.45) is 2.00. The Bertz CT molecular complexity index is 2410. The van der Waals surface area contributed by atoms with Crippen molar-refractivity contribution in [3.8, 4) is 16.9 Å². The van der Waals surface area contributed by atoms with E-state index < -0.39 is 0 Å². The fourth-order valence-corrected chi connectivity index (χ4v) is 7.24. The van der Waals surface area contributed by atoms with E-state index in [4.69, 9.17) is 9.97 Å². The van der Waals surface area contributed by atoms with Gasteiger partial charge >= 0.3 is 0 Å². The monoisotopic (exact) mass is 722 g/mol. The molecule has 0 bridgehead atoms. The van der Waals surface area contributed by atoms with Gasteiger partial charge in [-0.2, -0.15) is 0 Å². The molecule has 197 valence electrons. The zero-order valence-corrected chi connectivity index (χ0v) is 25.1. The van der Waals surface area contributed by atoms with Crippen LogP contribution in [0, 0.1) is 13.0 Å². The Morgan fingerprint density at radius 2 is 1.49 bits per heavy atom. The molecule has 4 nitrogen and oxygen atoms in total. The fourth-order valence-electron chi connectivity index (χ4n) is 6.30. The first-order chi connectivity index (χ1) is 19.8. The van der Waals surface area contributed by atoms with Gasteiger partial charge in [0.15, 0.2) is 0 Å². The van der Waals surface area contributed by atoms with E-state index in [9.17, 15) is 0 Å². The van der Waals surface area contributed by atoms with Crippen molar-refractivity contribution in [2.75, 3.05) is 0 Å². The maximum absolute atomic E-state index is 5.03. The Labute approximate surface area is 252 Å². The normalized spacial score (nSPS) is 11.8. The molecule has 0 N–H and O–H groups in total. The molecule has 9 rings (SSSR count). The Hall–Kier alpha value is -4.35. The number of aromatic nitrogens is 4. The Kier molecular flexibility index (Phi) is 5.42. The van der Waals surface area contributed by atoms with Gasteiger partial charge in [0.25, 0.3) is 0 Å². The van der Waals surface area contributed by atoms with Crippen molar-refractivity contribution in [1.82, 2.24) is 18.9 Å². The molecule has 4 aromatic heterocycles. The van der Waals surface area contributed by atoms with E-state index in [1.807, 2.05) is 6.20 Å². The Morgan fingerprint density at radius 1 is 0.780 bits per heavy atom. The molecular formula is C35H21IrN4S-. The molecule has 0 saturated heterocycles. The van der Waals surface area contributed by atoms with Crippen molar-refractivity contribution < 1.29 is 20.1 Å². The smallest absolute Gasteiger partial charge is 0.112 e. The zero-order valence-electron chi connectivity index (χ0n) is 21.9. The van der Waals surface area contributed by atoms with E-state index in [1.165, 1.54) is 27.2 Å². The molecule has 41 heavy (non-hydrogen) atoms. The maximum atomic E-state index is 5.03. The third-order valence-electron chi connectivity index (χ3n) is 7.97. The van der Waals surface area contributed by atoms with Crippen LogP contribution in [0.2, 0.25) is 0 Å². The first kappa shape index (κ1) is 24.4. The third-order valence-corrected chi connectivity index (χ3v) is 8.93. The van der Waals surface area contributed by atoms with Crippen molar-refractivity contribution in [3.63, 3.8) is 0 Å². The minimum Gasteiger partial charge on any atom is -0.324 e. The first-order valence-corrected chi connectivity index (χ1v) is 14.2. The number of benzene rings is 5. The van der Waals surface area contributed by atoms with Crippen LogP contribution >= 0.6 is 11.3 Å². The number of nitrogens with zero attached hydrogens (tertiary/aromatic N) is 4. The van der Waals surface area contributed by atoms with E-state index in [0.29, 0.717) is 0 Å². The van der Waals surface area contributed by atoms with E-state index in [0.717, 1.165) is 54.1 Å². The number of fused-ring (bicyclic) bond motifs is 11. The van der Waals surface area contributed by atoms with Crippen LogP contribution in [-0.4, -0.2) is 18.9 Å². The summed E-state index contributed by atoms with van der Waals surface area (Å²) in [6.45, 7) is 2.08. The van der Waals surface area contributed by atoms with Gasteiger partial charge in [0.1, 0.15) is 4.83 Å². The third kappa shape index (κ3) is 3.42. The molecule has 0 unspecified atom stereocenters. The summed E-state index contributed by atoms with van der Waals surface area (Å²) in [5.41, 5.74) is 7.61. The molecule has 0 fully saturated rings. The standard InChI is InChI=1S/C35H21N4S.Ir/c1-21-37-33-32-25-12-3-2-9-22(25)17-18-28(32)34-36-20-31(39(34)35(33)40-21)23-10-8-11-24(19-23)38-29-15-6-4-13-26(29)27-14-5-7-16-30(27)38;/h2-17,19-20H,1H3;/q-1;. The summed E-state index contributed by atoms with van der Waals surface area (Å²) in [5.74, 6) is 0. The molecule has 0 saturated carbocycles. The average molecular weight is 722 g/mol. The quantitative estimate of drug-likeness (QED) is 0.132. The van der Waals surface area contributed by atoms with Gasteiger partial charge in [0, 0.05) is 48.3 Å². The number of pyridine rings is 1. The summed E-state index contributed by atoms with van der Waals surface area (Å²) < 4.78 is 4.64. The molecule has 5 aromatic carbocycles. The number of thiazole rings is 1. The fraction of sp³-hybridized carbons (Fsp3) is 0.0286. The zero-order chi connectivity index (χ0) is 26.4. The molecule has 0 aliphatic carbocycles. The van der Waals surface area contributed by atoms with Crippen LogP contribution in [0.25, 0.3) is 76.3 Å². The van der Waals surface area contributed by atoms with Crippen molar-refractivity contribution in [3.05, 3.63) is 120 Å². The number of imidazole rings is 1. The van der Waals surface area contributed by atoms with E-state index >= 15 is 0 Å². The molecule has 0 spiro atoms. The second-order valence-electron chi connectivity index (χ2n) is 10.2. The van der Waals surface area contributed by atoms with Gasteiger partial charge in [0.2, 0.25) is 0 Å². The van der Waals surface area contributed by atoms with Crippen molar-refractivity contribution in [2.24, 2.45) is 0 Å². The van der Waals surface area contributed by atoms with E-state index in [-0.39, 0.29) is 20.1 Å². The average Bonchev–Trinajstić information content (AvgIpc) is 3.70. The SMILES string of the molecule is Cc1nc2c3c([c-]cc4ccccc43)c3ncc(-c4cccc(-n5c6ccccc6c6ccccc65)c4)n3c2s1.[Ir]. The minimum atomic E-state index is 0. The molecule has 0 atom stereocenters. The molecule has 0 aliphatic rings. The summed E-state index contributed by atoms with van der Waals surface area (Å²) in [4.78, 5) is 11.1. The van der Waals surface area contributed by atoms with Crippen molar-refractivity contribution in [1.29, 1.82) is 0 Å². The van der Waals surface area contributed by atoms with Crippen LogP contribution < -0.4 is 0 Å². The molecule has 9 aromatic rings. The van der Waals surface area contributed by atoms with Gasteiger partial charge in [-0.1, -0.05) is 94.3 Å². The van der Waals surface area contributed by atoms with Gasteiger partial charge in [-0.05, 0) is 31.2 Å². The Morgan fingerprint density at radius 3 is 2.27 bits per heavy atom. The number of rotatable bonds is 2. The van der Waals surface area contributed by atoms with Crippen molar-refractivity contribution in [2.45, 2.75) is 6.92 Å². The van der Waals surface area contributed by atoms with Crippen LogP contribution in [0.3, 0.4) is 0 Å². The van der Waals surface area contributed by atoms with Crippen LogP contribution in [0.4, 0.5) is 0 Å². The number of hydrogen-bond acceptors (Lipinski definition) is 3. The molecule has 6 heteroatoms. The molecule has 1 radical (unpaired) electrons. The van der Waals surface area contributed by atoms with Crippen LogP contribution in [0.15, 0.2) is 109 Å². The van der Waals surface area contributed by atoms with Gasteiger partial charge in [-0.25, -0.2) is 4.98 Å². The number of hydrogen-bond donors (Lipinski definition) is 0. The van der Waals surface area contributed by atoms with Crippen LogP contribution in [0.1, 0.15) is 5.01 Å². The predicted octanol–water partition coefficient (Wildman–Crippen LogP) is 9.12. The number of para-hydroxylation sites is 2.